The summed E-state index contributed by atoms with van der Waals surface area (Å²) in [5.74, 6) is 2.01. The van der Waals surface area contributed by atoms with Gasteiger partial charge in [0.2, 0.25) is 5.95 Å². The SMILES string of the molecule is CCN(c1nc(C)cc(C)n1)c1c(OC)cc(OC)c(Br)c1Br. The van der Waals surface area contributed by atoms with Crippen LogP contribution in [-0.4, -0.2) is 30.7 Å². The predicted molar refractivity (Wildman–Crippen MR) is 99.1 cm³/mol. The molecule has 0 aliphatic rings. The molecule has 1 heterocycles. The van der Waals surface area contributed by atoms with Gasteiger partial charge in [0.25, 0.3) is 0 Å². The molecular weight excluding hydrogens is 426 g/mol. The van der Waals surface area contributed by atoms with E-state index in [1.54, 1.807) is 14.2 Å². The first-order valence-corrected chi connectivity index (χ1v) is 8.71. The van der Waals surface area contributed by atoms with Gasteiger partial charge >= 0.3 is 0 Å². The van der Waals surface area contributed by atoms with Gasteiger partial charge in [0.15, 0.2) is 0 Å². The van der Waals surface area contributed by atoms with Gasteiger partial charge in [0.1, 0.15) is 17.2 Å². The van der Waals surface area contributed by atoms with Crippen LogP contribution in [0.1, 0.15) is 18.3 Å². The van der Waals surface area contributed by atoms with Crippen molar-refractivity contribution >= 4 is 43.5 Å². The van der Waals surface area contributed by atoms with E-state index in [1.807, 2.05) is 37.8 Å². The van der Waals surface area contributed by atoms with E-state index in [0.29, 0.717) is 24.0 Å². The molecule has 0 spiro atoms. The summed E-state index contributed by atoms with van der Waals surface area (Å²) in [5.41, 5.74) is 2.70. The van der Waals surface area contributed by atoms with E-state index in [1.165, 1.54) is 0 Å². The third kappa shape index (κ3) is 3.61. The number of hydrogen-bond donors (Lipinski definition) is 0. The fraction of sp³-hybridized carbons (Fsp3) is 0.375. The van der Waals surface area contributed by atoms with Gasteiger partial charge in [0.05, 0.1) is 23.2 Å². The number of aromatic nitrogens is 2. The van der Waals surface area contributed by atoms with Crippen LogP contribution in [0.5, 0.6) is 11.5 Å². The van der Waals surface area contributed by atoms with Gasteiger partial charge in [-0.05, 0) is 58.7 Å². The summed E-state index contributed by atoms with van der Waals surface area (Å²) < 4.78 is 12.6. The lowest BCUT2D eigenvalue weighted by Crippen LogP contribution is -2.21. The Labute approximate surface area is 153 Å². The molecule has 0 amide bonds. The summed E-state index contributed by atoms with van der Waals surface area (Å²) in [5, 5.41) is 0. The predicted octanol–water partition coefficient (Wildman–Crippen LogP) is 4.79. The third-order valence-corrected chi connectivity index (χ3v) is 5.44. The van der Waals surface area contributed by atoms with Crippen molar-refractivity contribution in [2.45, 2.75) is 20.8 Å². The molecule has 2 rings (SSSR count). The summed E-state index contributed by atoms with van der Waals surface area (Å²) in [7, 11) is 3.26. The number of hydrogen-bond acceptors (Lipinski definition) is 5. The summed E-state index contributed by atoms with van der Waals surface area (Å²) >= 11 is 7.19. The van der Waals surface area contributed by atoms with E-state index in [9.17, 15) is 0 Å². The molecule has 0 N–H and O–H groups in total. The van der Waals surface area contributed by atoms with Gasteiger partial charge in [-0.1, -0.05) is 0 Å². The summed E-state index contributed by atoms with van der Waals surface area (Å²) in [6, 6.07) is 3.79. The number of nitrogens with zero attached hydrogens (tertiary/aromatic N) is 3. The van der Waals surface area contributed by atoms with Gasteiger partial charge in [-0.3, -0.25) is 0 Å². The monoisotopic (exact) mass is 443 g/mol. The van der Waals surface area contributed by atoms with Gasteiger partial charge in [-0.2, -0.15) is 0 Å². The molecule has 0 saturated carbocycles. The number of anilines is 2. The molecular formula is C16H19Br2N3O2. The van der Waals surface area contributed by atoms with Crippen LogP contribution in [-0.2, 0) is 0 Å². The summed E-state index contributed by atoms with van der Waals surface area (Å²) in [6.07, 6.45) is 0. The third-order valence-electron chi connectivity index (χ3n) is 3.35. The van der Waals surface area contributed by atoms with Gasteiger partial charge in [0, 0.05) is 24.0 Å². The lowest BCUT2D eigenvalue weighted by Gasteiger charge is -2.26. The van der Waals surface area contributed by atoms with Crippen molar-refractivity contribution < 1.29 is 9.47 Å². The second-order valence-electron chi connectivity index (χ2n) is 4.95. The molecule has 1 aromatic carbocycles. The molecule has 1 aromatic heterocycles. The number of halogens is 2. The van der Waals surface area contributed by atoms with Crippen LogP contribution in [0.3, 0.4) is 0 Å². The van der Waals surface area contributed by atoms with E-state index >= 15 is 0 Å². The van der Waals surface area contributed by atoms with Crippen molar-refractivity contribution in [2.24, 2.45) is 0 Å². The largest absolute Gasteiger partial charge is 0.495 e. The quantitative estimate of drug-likeness (QED) is 0.663. The molecule has 0 atom stereocenters. The van der Waals surface area contributed by atoms with Crippen LogP contribution in [0.15, 0.2) is 21.1 Å². The Morgan fingerprint density at radius 1 is 0.957 bits per heavy atom. The molecule has 23 heavy (non-hydrogen) atoms. The van der Waals surface area contributed by atoms with Crippen molar-refractivity contribution in [3.63, 3.8) is 0 Å². The number of rotatable bonds is 5. The van der Waals surface area contributed by atoms with Gasteiger partial charge in [-0.15, -0.1) is 0 Å². The van der Waals surface area contributed by atoms with Gasteiger partial charge < -0.3 is 14.4 Å². The van der Waals surface area contributed by atoms with Crippen LogP contribution in [0, 0.1) is 13.8 Å². The maximum atomic E-state index is 5.56. The second-order valence-corrected chi connectivity index (χ2v) is 6.54. The number of aryl methyl sites for hydroxylation is 2. The Kier molecular flexibility index (Phi) is 5.86. The maximum Gasteiger partial charge on any atom is 0.230 e. The fourth-order valence-corrected chi connectivity index (χ4v) is 3.42. The van der Waals surface area contributed by atoms with Crippen molar-refractivity contribution in [3.8, 4) is 11.5 Å². The lowest BCUT2D eigenvalue weighted by molar-refractivity contribution is 0.392. The second kappa shape index (κ2) is 7.49. The van der Waals surface area contributed by atoms with Crippen molar-refractivity contribution in [1.29, 1.82) is 0 Å². The molecule has 5 nitrogen and oxygen atoms in total. The zero-order valence-corrected chi connectivity index (χ0v) is 16.9. The standard InChI is InChI=1S/C16H19Br2N3O2/c1-6-21(16-19-9(2)7-10(3)20-16)15-12(23-5)8-11(22-4)13(17)14(15)18/h7-8H,6H2,1-5H3. The molecule has 0 fully saturated rings. The van der Waals surface area contributed by atoms with E-state index in [2.05, 4.69) is 41.8 Å². The Morgan fingerprint density at radius 3 is 2.00 bits per heavy atom. The summed E-state index contributed by atoms with van der Waals surface area (Å²) in [6.45, 7) is 6.66. The first kappa shape index (κ1) is 18.0. The number of benzene rings is 1. The van der Waals surface area contributed by atoms with Crippen molar-refractivity contribution in [2.75, 3.05) is 25.7 Å². The number of methoxy groups -OCH3 is 2. The zero-order valence-electron chi connectivity index (χ0n) is 13.8. The minimum Gasteiger partial charge on any atom is -0.495 e. The number of ether oxygens (including phenoxy) is 2. The minimum absolute atomic E-state index is 0.640. The average Bonchev–Trinajstić information content (AvgIpc) is 2.51. The van der Waals surface area contributed by atoms with E-state index < -0.39 is 0 Å². The highest BCUT2D eigenvalue weighted by Crippen LogP contribution is 2.47. The Hall–Kier alpha value is -1.34. The Balaban J connectivity index is 2.68. The molecule has 0 bridgehead atoms. The highest BCUT2D eigenvalue weighted by Gasteiger charge is 2.23. The van der Waals surface area contributed by atoms with Crippen LogP contribution >= 0.6 is 31.9 Å². The average molecular weight is 445 g/mol. The van der Waals surface area contributed by atoms with E-state index in [4.69, 9.17) is 9.47 Å². The first-order chi connectivity index (χ1) is 10.9. The molecule has 0 radical (unpaired) electrons. The highest BCUT2D eigenvalue weighted by molar-refractivity contribution is 9.13. The minimum atomic E-state index is 0.640. The van der Waals surface area contributed by atoms with E-state index in [0.717, 1.165) is 26.0 Å². The Bertz CT molecular complexity index is 703. The zero-order chi connectivity index (χ0) is 17.1. The topological polar surface area (TPSA) is 47.5 Å². The van der Waals surface area contributed by atoms with Crippen molar-refractivity contribution in [1.82, 2.24) is 9.97 Å². The molecule has 124 valence electrons. The highest BCUT2D eigenvalue weighted by atomic mass is 79.9. The van der Waals surface area contributed by atoms with Crippen molar-refractivity contribution in [3.05, 3.63) is 32.5 Å². The molecule has 0 aliphatic heterocycles. The smallest absolute Gasteiger partial charge is 0.230 e. The van der Waals surface area contributed by atoms with Crippen LogP contribution in [0.4, 0.5) is 11.6 Å². The van der Waals surface area contributed by atoms with Crippen LogP contribution in [0.2, 0.25) is 0 Å². The van der Waals surface area contributed by atoms with Crippen LogP contribution in [0.25, 0.3) is 0 Å². The normalized spacial score (nSPS) is 10.6. The first-order valence-electron chi connectivity index (χ1n) is 7.12. The Morgan fingerprint density at radius 2 is 1.52 bits per heavy atom. The molecule has 0 unspecified atom stereocenters. The molecule has 2 aromatic rings. The van der Waals surface area contributed by atoms with E-state index in [-0.39, 0.29) is 0 Å². The van der Waals surface area contributed by atoms with Crippen LogP contribution < -0.4 is 14.4 Å². The maximum absolute atomic E-state index is 5.56. The molecule has 7 heteroatoms. The lowest BCUT2D eigenvalue weighted by atomic mass is 10.2. The van der Waals surface area contributed by atoms with Gasteiger partial charge in [-0.25, -0.2) is 9.97 Å². The molecule has 0 aliphatic carbocycles. The fourth-order valence-electron chi connectivity index (χ4n) is 2.35. The summed E-state index contributed by atoms with van der Waals surface area (Å²) in [4.78, 5) is 11.1. The molecule has 0 saturated heterocycles.